The van der Waals surface area contributed by atoms with E-state index in [0.29, 0.717) is 30.9 Å². The molecule has 6 atom stereocenters. The highest BCUT2D eigenvalue weighted by atomic mass is 16.7. The first-order valence-electron chi connectivity index (χ1n) is 22.5. The number of nitrogens with zero attached hydrogens (tertiary/aromatic N) is 2. The van der Waals surface area contributed by atoms with Gasteiger partial charge in [0.05, 0.1) is 38.0 Å². The fraction of sp³-hybridized carbons (Fsp3) is 0.462. The number of carbonyl (C=O) groups is 1. The van der Waals surface area contributed by atoms with Crippen molar-refractivity contribution in [3.63, 3.8) is 0 Å². The van der Waals surface area contributed by atoms with Gasteiger partial charge in [0, 0.05) is 31.1 Å². The van der Waals surface area contributed by atoms with Crippen LogP contribution in [-0.2, 0) is 32.2 Å². The van der Waals surface area contributed by atoms with Crippen molar-refractivity contribution in [1.29, 1.82) is 0 Å². The van der Waals surface area contributed by atoms with Crippen molar-refractivity contribution in [1.82, 2.24) is 4.90 Å². The number of fused-ring (bicyclic) bond motifs is 3. The number of aliphatic hydroxyl groups excluding tert-OH is 2. The summed E-state index contributed by atoms with van der Waals surface area (Å²) in [7, 11) is 0. The summed E-state index contributed by atoms with van der Waals surface area (Å²) in [6, 6.07) is 28.5. The first-order valence-corrected chi connectivity index (χ1v) is 22.5. The molecule has 3 aliphatic rings. The molecule has 1 heterocycles. The van der Waals surface area contributed by atoms with E-state index >= 15 is 4.79 Å². The van der Waals surface area contributed by atoms with Gasteiger partial charge in [0.2, 0.25) is 5.79 Å². The zero-order valence-electron chi connectivity index (χ0n) is 37.0. The molecule has 11 nitrogen and oxygen atoms in total. The zero-order valence-corrected chi connectivity index (χ0v) is 37.0. The van der Waals surface area contributed by atoms with Crippen LogP contribution in [0.3, 0.4) is 0 Å². The van der Waals surface area contributed by atoms with E-state index in [-0.39, 0.29) is 69.5 Å². The molecular weight excluding hydrogens is 797 g/mol. The van der Waals surface area contributed by atoms with E-state index in [2.05, 4.69) is 30.9 Å². The fourth-order valence-electron chi connectivity index (χ4n) is 9.80. The SMILES string of the molecule is C=CCO[C@@]12Oc3ccc(O)cc3[C@H]3[C@H](CCCCO)[C@@H](CCCCO)C=C(C(=NOC(C)(C)C)C[C@@H]1N(Cc1cccc4ccccc14)C(=O)OCCOCc1ccccc1)[C@H]32. The number of phenolic OH excluding ortho intramolecular Hbond substituents is 1. The molecule has 4 aromatic carbocycles. The molecule has 0 radical (unpaired) electrons. The number of allylic oxidation sites excluding steroid dienone is 1. The Kier molecular flexibility index (Phi) is 15.3. The Labute approximate surface area is 371 Å². The lowest BCUT2D eigenvalue weighted by Gasteiger charge is -2.60. The highest BCUT2D eigenvalue weighted by Crippen LogP contribution is 2.62. The summed E-state index contributed by atoms with van der Waals surface area (Å²) in [5.41, 5.74) is 3.76. The lowest BCUT2D eigenvalue weighted by Crippen LogP contribution is -2.70. The molecule has 3 N–H and O–H groups in total. The maximum atomic E-state index is 15.1. The number of aliphatic hydroxyl groups is 2. The molecular formula is C52H64N2O9. The largest absolute Gasteiger partial charge is 0.508 e. The van der Waals surface area contributed by atoms with Gasteiger partial charge in [-0.3, -0.25) is 4.90 Å². The molecule has 1 saturated carbocycles. The van der Waals surface area contributed by atoms with Crippen LogP contribution in [-0.4, -0.2) is 82.5 Å². The number of ether oxygens (including phenoxy) is 4. The van der Waals surface area contributed by atoms with E-state index in [0.717, 1.165) is 58.7 Å². The summed E-state index contributed by atoms with van der Waals surface area (Å²) < 4.78 is 26.6. The van der Waals surface area contributed by atoms with Gasteiger partial charge >= 0.3 is 6.09 Å². The number of phenols is 1. The molecule has 1 aliphatic heterocycles. The van der Waals surface area contributed by atoms with Crippen LogP contribution < -0.4 is 4.74 Å². The van der Waals surface area contributed by atoms with E-state index in [1.54, 1.807) is 29.2 Å². The van der Waals surface area contributed by atoms with Crippen LogP contribution in [0, 0.1) is 17.8 Å². The van der Waals surface area contributed by atoms with Gasteiger partial charge in [0.25, 0.3) is 0 Å². The second kappa shape index (κ2) is 21.0. The van der Waals surface area contributed by atoms with Crippen LogP contribution in [0.15, 0.2) is 120 Å². The van der Waals surface area contributed by atoms with Gasteiger partial charge in [0.1, 0.15) is 29.7 Å². The number of oxime groups is 1. The third-order valence-electron chi connectivity index (χ3n) is 12.5. The monoisotopic (exact) mass is 860 g/mol. The van der Waals surface area contributed by atoms with E-state index in [1.165, 1.54) is 0 Å². The predicted molar refractivity (Wildman–Crippen MR) is 244 cm³/mol. The second-order valence-electron chi connectivity index (χ2n) is 17.9. The van der Waals surface area contributed by atoms with Crippen molar-refractivity contribution in [2.75, 3.05) is 33.0 Å². The predicted octanol–water partition coefficient (Wildman–Crippen LogP) is 9.83. The summed E-state index contributed by atoms with van der Waals surface area (Å²) in [6.45, 7) is 11.0. The molecule has 11 heteroatoms. The minimum Gasteiger partial charge on any atom is -0.508 e. The van der Waals surface area contributed by atoms with E-state index < -0.39 is 29.4 Å². The van der Waals surface area contributed by atoms with E-state index in [1.807, 2.05) is 75.4 Å². The van der Waals surface area contributed by atoms with Gasteiger partial charge in [-0.05, 0) is 104 Å². The average Bonchev–Trinajstić information content (AvgIpc) is 3.28. The minimum absolute atomic E-state index is 0.0155. The Morgan fingerprint density at radius 2 is 1.68 bits per heavy atom. The smallest absolute Gasteiger partial charge is 0.410 e. The van der Waals surface area contributed by atoms with E-state index in [9.17, 15) is 15.3 Å². The van der Waals surface area contributed by atoms with Gasteiger partial charge in [-0.25, -0.2) is 4.79 Å². The van der Waals surface area contributed by atoms with Crippen LogP contribution in [0.25, 0.3) is 10.8 Å². The fourth-order valence-corrected chi connectivity index (χ4v) is 9.80. The number of carbonyl (C=O) groups excluding carboxylic acids is 1. The molecule has 7 rings (SSSR count). The van der Waals surface area contributed by atoms with Gasteiger partial charge in [-0.1, -0.05) is 103 Å². The quantitative estimate of drug-likeness (QED) is 0.0450. The Morgan fingerprint density at radius 1 is 0.937 bits per heavy atom. The third-order valence-corrected chi connectivity index (χ3v) is 12.5. The zero-order chi connectivity index (χ0) is 44.4. The highest BCUT2D eigenvalue weighted by molar-refractivity contribution is 6.03. The van der Waals surface area contributed by atoms with Gasteiger partial charge in [0.15, 0.2) is 0 Å². The third kappa shape index (κ3) is 10.6. The molecule has 63 heavy (non-hydrogen) atoms. The van der Waals surface area contributed by atoms with Crippen molar-refractivity contribution in [3.8, 4) is 11.5 Å². The van der Waals surface area contributed by atoms with Crippen molar-refractivity contribution >= 4 is 22.6 Å². The maximum absolute atomic E-state index is 15.1. The number of hydrogen-bond donors (Lipinski definition) is 3. The van der Waals surface area contributed by atoms with E-state index in [4.69, 9.17) is 28.9 Å². The Bertz CT molecular complexity index is 2210. The van der Waals surface area contributed by atoms with Crippen LogP contribution in [0.4, 0.5) is 4.79 Å². The summed E-state index contributed by atoms with van der Waals surface area (Å²) in [4.78, 5) is 23.1. The summed E-state index contributed by atoms with van der Waals surface area (Å²) >= 11 is 0. The first-order chi connectivity index (χ1) is 30.6. The second-order valence-corrected chi connectivity index (χ2v) is 17.9. The number of amides is 1. The lowest BCUT2D eigenvalue weighted by atomic mass is 9.55. The number of hydrogen-bond acceptors (Lipinski definition) is 10. The first kappa shape index (κ1) is 45.8. The van der Waals surface area contributed by atoms with Crippen molar-refractivity contribution < 1.29 is 43.9 Å². The topological polar surface area (TPSA) is 140 Å². The molecule has 0 unspecified atom stereocenters. The van der Waals surface area contributed by atoms with Crippen LogP contribution in [0.2, 0.25) is 0 Å². The Hall–Kier alpha value is -5.20. The van der Waals surface area contributed by atoms with Crippen molar-refractivity contribution in [3.05, 3.63) is 132 Å². The molecule has 0 saturated heterocycles. The molecule has 0 spiro atoms. The Morgan fingerprint density at radius 3 is 2.44 bits per heavy atom. The Balaban J connectivity index is 1.39. The molecule has 336 valence electrons. The van der Waals surface area contributed by atoms with Gasteiger partial charge in [-0.15, -0.1) is 6.58 Å². The average molecular weight is 861 g/mol. The normalized spacial score (nSPS) is 23.3. The molecule has 0 bridgehead atoms. The van der Waals surface area contributed by atoms with Crippen LogP contribution in [0.1, 0.15) is 88.3 Å². The standard InChI is InChI=1S/C52H64N2O9/c1-5-28-61-52-47(54(34-39-21-15-20-37-18-9-10-22-41(37)39)50(58)60-30-29-59-35-36-16-7-6-8-17-36)33-45(53-63-51(2,3)4)43-31-38(19-11-13-26-55)42(23-12-14-27-56)48(49(43)52)44-32-40(57)24-25-46(44)62-52/h5-10,15-18,20-22,24-25,31-32,38,42,47-49,55-57H,1,11-14,19,23,26-30,33-35H2,2-4H3/t38-,42+,47-,48+,49+,52+/m0/s1. The molecule has 1 fully saturated rings. The highest BCUT2D eigenvalue weighted by Gasteiger charge is 2.65. The minimum atomic E-state index is -1.49. The molecule has 2 aliphatic carbocycles. The maximum Gasteiger partial charge on any atom is 0.410 e. The summed E-state index contributed by atoms with van der Waals surface area (Å²) in [6.07, 6.45) is 8.15. The summed E-state index contributed by atoms with van der Waals surface area (Å²) in [5, 5.41) is 37.9. The number of rotatable bonds is 20. The molecule has 1 amide bonds. The number of benzene rings is 4. The van der Waals surface area contributed by atoms with Crippen molar-refractivity contribution in [2.45, 2.75) is 102 Å². The summed E-state index contributed by atoms with van der Waals surface area (Å²) in [5.74, 6) is -1.54. The number of unbranched alkanes of at least 4 members (excludes halogenated alkanes) is 2. The van der Waals surface area contributed by atoms with Crippen molar-refractivity contribution in [2.24, 2.45) is 22.9 Å². The van der Waals surface area contributed by atoms with Gasteiger partial charge in [-0.2, -0.15) is 0 Å². The number of aromatic hydroxyl groups is 1. The van der Waals surface area contributed by atoms with Gasteiger partial charge < -0.3 is 39.1 Å². The van der Waals surface area contributed by atoms with Crippen LogP contribution >= 0.6 is 0 Å². The lowest BCUT2D eigenvalue weighted by molar-refractivity contribution is -0.256. The van der Waals surface area contributed by atoms with Crippen LogP contribution in [0.5, 0.6) is 11.5 Å². The molecule has 4 aromatic rings. The molecule has 0 aromatic heterocycles.